The van der Waals surface area contributed by atoms with Crippen molar-refractivity contribution in [2.24, 2.45) is 11.8 Å². The second-order valence-corrected chi connectivity index (χ2v) is 18.4. The van der Waals surface area contributed by atoms with Crippen LogP contribution in [0.15, 0.2) is 61.2 Å². The minimum Gasteiger partial charge on any atom is -0.460 e. The van der Waals surface area contributed by atoms with Crippen LogP contribution in [-0.4, -0.2) is 57.2 Å². The van der Waals surface area contributed by atoms with Crippen LogP contribution in [0.5, 0.6) is 0 Å². The monoisotopic (exact) mass is 607 g/mol. The lowest BCUT2D eigenvalue weighted by Gasteiger charge is -2.43. The molecule has 0 saturated heterocycles. The smallest absolute Gasteiger partial charge is 0.410 e. The van der Waals surface area contributed by atoms with Gasteiger partial charge in [0.15, 0.2) is 8.32 Å². The molecule has 1 amide bonds. The molecule has 0 saturated carbocycles. The summed E-state index contributed by atoms with van der Waals surface area (Å²) in [6, 6.07) is 15.6. The van der Waals surface area contributed by atoms with E-state index in [2.05, 4.69) is 85.5 Å². The van der Waals surface area contributed by atoms with Gasteiger partial charge in [-0.25, -0.2) is 9.59 Å². The Labute approximate surface area is 260 Å². The first-order valence-electron chi connectivity index (χ1n) is 15.7. The quantitative estimate of drug-likeness (QED) is 0.129. The lowest BCUT2D eigenvalue weighted by Crippen LogP contribution is -2.49. The largest absolute Gasteiger partial charge is 0.460 e. The van der Waals surface area contributed by atoms with Gasteiger partial charge in [-0.3, -0.25) is 4.90 Å². The van der Waals surface area contributed by atoms with Gasteiger partial charge in [0.25, 0.3) is 0 Å². The number of carbonyl (C=O) groups is 2. The van der Waals surface area contributed by atoms with Crippen molar-refractivity contribution in [2.45, 2.75) is 104 Å². The molecule has 0 heterocycles. The molecular weight excluding hydrogens is 554 g/mol. The maximum absolute atomic E-state index is 13.5. The molecular formula is C36H53NO5Si. The summed E-state index contributed by atoms with van der Waals surface area (Å²) in [6.45, 7) is 23.3. The van der Waals surface area contributed by atoms with Crippen molar-refractivity contribution in [3.63, 3.8) is 0 Å². The summed E-state index contributed by atoms with van der Waals surface area (Å²) < 4.78 is 18.8. The molecule has 1 aliphatic carbocycles. The van der Waals surface area contributed by atoms with E-state index in [9.17, 15) is 9.59 Å². The van der Waals surface area contributed by atoms with Gasteiger partial charge in [-0.15, -0.1) is 6.58 Å². The molecule has 0 aromatic heterocycles. The van der Waals surface area contributed by atoms with E-state index in [4.69, 9.17) is 13.9 Å². The summed E-state index contributed by atoms with van der Waals surface area (Å²) in [6.07, 6.45) is 2.36. The summed E-state index contributed by atoms with van der Waals surface area (Å²) in [4.78, 5) is 28.0. The predicted octanol–water partition coefficient (Wildman–Crippen LogP) is 8.82. The molecule has 1 aliphatic rings. The first kappa shape index (κ1) is 34.6. The van der Waals surface area contributed by atoms with E-state index >= 15 is 0 Å². The maximum Gasteiger partial charge on any atom is 0.410 e. The number of hydrogen-bond acceptors (Lipinski definition) is 5. The van der Waals surface area contributed by atoms with Crippen LogP contribution in [-0.2, 0) is 18.7 Å². The van der Waals surface area contributed by atoms with Gasteiger partial charge in [-0.2, -0.15) is 0 Å². The number of hydrogen-bond donors (Lipinski definition) is 0. The van der Waals surface area contributed by atoms with Crippen molar-refractivity contribution in [3.05, 3.63) is 72.3 Å². The molecule has 0 spiro atoms. The fourth-order valence-electron chi connectivity index (χ4n) is 5.52. The normalized spacial score (nSPS) is 16.7. The molecule has 0 fully saturated rings. The fourth-order valence-corrected chi connectivity index (χ4v) is 6.94. The van der Waals surface area contributed by atoms with E-state index in [0.29, 0.717) is 6.42 Å². The molecule has 0 radical (unpaired) electrons. The van der Waals surface area contributed by atoms with Crippen molar-refractivity contribution < 1.29 is 23.5 Å². The third kappa shape index (κ3) is 7.79. The Morgan fingerprint density at radius 3 is 2.02 bits per heavy atom. The molecule has 0 bridgehead atoms. The molecule has 0 aliphatic heterocycles. The van der Waals surface area contributed by atoms with Crippen LogP contribution < -0.4 is 0 Å². The minimum absolute atomic E-state index is 0.0505. The minimum atomic E-state index is -2.08. The highest BCUT2D eigenvalue weighted by molar-refractivity contribution is 6.74. The van der Waals surface area contributed by atoms with Crippen molar-refractivity contribution in [1.29, 1.82) is 0 Å². The number of carbonyl (C=O) groups excluding carboxylic acids is 2. The Morgan fingerprint density at radius 1 is 1.00 bits per heavy atom. The molecule has 2 aromatic rings. The standard InChI is InChI=1S/C36H53NO5Si/c1-12-18-32(42-43(10,11)36(6,7)8)25(4)33(24(3)13-2)41-34(38)26(5)37(9)35(39)40-23-31-29-21-16-14-19-27(29)28-20-15-17-22-30(28)31/h12,14-17,19-22,24-26,31-33H,1,13,18,23H2,2-11H3/t24-,25-,26+,32-,33+/m0/s1. The number of nitrogens with zero attached hydrogens (tertiary/aromatic N) is 1. The van der Waals surface area contributed by atoms with Crippen LogP contribution in [0.4, 0.5) is 4.79 Å². The van der Waals surface area contributed by atoms with Crippen LogP contribution in [0, 0.1) is 11.8 Å². The van der Waals surface area contributed by atoms with Gasteiger partial charge >= 0.3 is 12.1 Å². The number of esters is 1. The molecule has 5 atom stereocenters. The Kier molecular flexibility index (Phi) is 11.5. The zero-order valence-electron chi connectivity index (χ0n) is 28.0. The Balaban J connectivity index is 1.69. The third-order valence-corrected chi connectivity index (χ3v) is 14.3. The number of benzene rings is 2. The van der Waals surface area contributed by atoms with Gasteiger partial charge in [0.2, 0.25) is 0 Å². The second-order valence-electron chi connectivity index (χ2n) is 13.7. The summed E-state index contributed by atoms with van der Waals surface area (Å²) >= 11 is 0. The molecule has 0 N–H and O–H groups in total. The van der Waals surface area contributed by atoms with E-state index in [-0.39, 0.29) is 41.6 Å². The first-order valence-corrected chi connectivity index (χ1v) is 18.6. The van der Waals surface area contributed by atoms with Crippen LogP contribution in [0.2, 0.25) is 18.1 Å². The maximum atomic E-state index is 13.5. The highest BCUT2D eigenvalue weighted by Gasteiger charge is 2.42. The van der Waals surface area contributed by atoms with E-state index in [0.717, 1.165) is 17.5 Å². The zero-order chi connectivity index (χ0) is 32.1. The number of fused-ring (bicyclic) bond motifs is 3. The van der Waals surface area contributed by atoms with Gasteiger partial charge in [0.1, 0.15) is 18.8 Å². The SMILES string of the molecule is C=CC[C@H](O[Si](C)(C)C(C)(C)C)[C@H](C)[C@H](OC(=O)[C@@H](C)N(C)C(=O)OCC1c2ccccc2-c2ccccc21)[C@@H](C)CC. The predicted molar refractivity (Wildman–Crippen MR) is 178 cm³/mol. The highest BCUT2D eigenvalue weighted by atomic mass is 28.4. The molecule has 7 heteroatoms. The van der Waals surface area contributed by atoms with Gasteiger partial charge in [-0.05, 0) is 59.6 Å². The van der Waals surface area contributed by atoms with Gasteiger partial charge in [0.05, 0.1) is 6.10 Å². The van der Waals surface area contributed by atoms with Crippen molar-refractivity contribution >= 4 is 20.4 Å². The van der Waals surface area contributed by atoms with Crippen LogP contribution in [0.25, 0.3) is 11.1 Å². The average molecular weight is 608 g/mol. The lowest BCUT2D eigenvalue weighted by molar-refractivity contribution is -0.162. The van der Waals surface area contributed by atoms with E-state index in [1.807, 2.05) is 30.3 Å². The summed E-state index contributed by atoms with van der Waals surface area (Å²) in [7, 11) is -0.485. The number of amides is 1. The van der Waals surface area contributed by atoms with Crippen LogP contribution >= 0.6 is 0 Å². The number of ether oxygens (including phenoxy) is 2. The lowest BCUT2D eigenvalue weighted by atomic mass is 9.86. The molecule has 3 rings (SSSR count). The summed E-state index contributed by atoms with van der Waals surface area (Å²) in [5.41, 5.74) is 4.63. The Morgan fingerprint density at radius 2 is 1.53 bits per heavy atom. The topological polar surface area (TPSA) is 65.1 Å². The highest BCUT2D eigenvalue weighted by Crippen LogP contribution is 2.44. The molecule has 2 aromatic carbocycles. The van der Waals surface area contributed by atoms with Gasteiger partial charge < -0.3 is 13.9 Å². The first-order chi connectivity index (χ1) is 20.1. The fraction of sp³-hybridized carbons (Fsp3) is 0.556. The van der Waals surface area contributed by atoms with E-state index in [1.165, 1.54) is 16.0 Å². The van der Waals surface area contributed by atoms with Crippen LogP contribution in [0.1, 0.15) is 78.4 Å². The second kappa shape index (κ2) is 14.3. The van der Waals surface area contributed by atoms with Crippen molar-refractivity contribution in [2.75, 3.05) is 13.7 Å². The number of likely N-dealkylation sites (N-methyl/N-ethyl adjacent to an activating group) is 1. The molecule has 0 unspecified atom stereocenters. The Hall–Kier alpha value is -2.90. The third-order valence-electron chi connectivity index (χ3n) is 9.76. The molecule has 6 nitrogen and oxygen atoms in total. The number of rotatable bonds is 13. The Bertz CT molecular complexity index is 1220. The van der Waals surface area contributed by atoms with Crippen LogP contribution in [0.3, 0.4) is 0 Å². The molecule has 43 heavy (non-hydrogen) atoms. The average Bonchev–Trinajstić information content (AvgIpc) is 3.29. The van der Waals surface area contributed by atoms with E-state index < -0.39 is 26.4 Å². The van der Waals surface area contributed by atoms with Gasteiger partial charge in [-0.1, -0.05) is 103 Å². The molecule has 236 valence electrons. The zero-order valence-corrected chi connectivity index (χ0v) is 29.0. The van der Waals surface area contributed by atoms with E-state index in [1.54, 1.807) is 14.0 Å². The van der Waals surface area contributed by atoms with Gasteiger partial charge in [0, 0.05) is 18.9 Å². The van der Waals surface area contributed by atoms with Crippen molar-refractivity contribution in [1.82, 2.24) is 4.90 Å². The summed E-state index contributed by atoms with van der Waals surface area (Å²) in [5, 5.41) is 0.0505. The van der Waals surface area contributed by atoms with Crippen molar-refractivity contribution in [3.8, 4) is 11.1 Å². The summed E-state index contributed by atoms with van der Waals surface area (Å²) in [5.74, 6) is -0.442.